The maximum Gasteiger partial charge on any atom is 0.274 e. The summed E-state index contributed by atoms with van der Waals surface area (Å²) in [6.07, 6.45) is 3.84. The number of hydrogen-bond acceptors (Lipinski definition) is 4. The van der Waals surface area contributed by atoms with Crippen LogP contribution in [0, 0.1) is 6.92 Å². The minimum Gasteiger partial charge on any atom is -0.335 e. The molecule has 0 unspecified atom stereocenters. The Morgan fingerprint density at radius 3 is 2.67 bits per heavy atom. The van der Waals surface area contributed by atoms with Crippen LogP contribution in [-0.2, 0) is 0 Å². The normalized spacial score (nSPS) is 17.6. The number of carbonyl (C=O) groups excluding carboxylic acids is 1. The quantitative estimate of drug-likeness (QED) is 0.774. The van der Waals surface area contributed by atoms with Gasteiger partial charge < -0.3 is 9.80 Å². The summed E-state index contributed by atoms with van der Waals surface area (Å²) in [4.78, 5) is 22.9. The zero-order valence-corrected chi connectivity index (χ0v) is 11.4. The first-order valence-electron chi connectivity index (χ1n) is 6.06. The average Bonchev–Trinajstić information content (AvgIpc) is 2.86. The van der Waals surface area contributed by atoms with E-state index >= 15 is 0 Å². The van der Waals surface area contributed by atoms with Crippen molar-refractivity contribution in [3.63, 3.8) is 0 Å². The van der Waals surface area contributed by atoms with Crippen LogP contribution in [0.1, 0.15) is 15.4 Å². The van der Waals surface area contributed by atoms with Crippen LogP contribution in [0.15, 0.2) is 12.4 Å². The number of amides is 1. The summed E-state index contributed by atoms with van der Waals surface area (Å²) in [6, 6.07) is 0. The molecule has 0 aliphatic carbocycles. The molecule has 6 heteroatoms. The number of thiazole rings is 1. The van der Waals surface area contributed by atoms with Gasteiger partial charge in [0.2, 0.25) is 0 Å². The van der Waals surface area contributed by atoms with E-state index < -0.39 is 0 Å². The molecule has 2 aromatic rings. The first-order chi connectivity index (χ1) is 8.63. The van der Waals surface area contributed by atoms with Crippen LogP contribution in [0.4, 0.5) is 0 Å². The lowest BCUT2D eigenvalue weighted by atomic mass is 10.3. The molecule has 5 nitrogen and oxygen atoms in total. The molecule has 1 aliphatic heterocycles. The number of rotatable bonds is 1. The predicted octanol–water partition coefficient (Wildman–Crippen LogP) is 1.09. The van der Waals surface area contributed by atoms with E-state index in [9.17, 15) is 4.79 Å². The minimum absolute atomic E-state index is 0.0525. The van der Waals surface area contributed by atoms with E-state index in [1.165, 1.54) is 4.88 Å². The summed E-state index contributed by atoms with van der Waals surface area (Å²) in [6.45, 7) is 5.50. The summed E-state index contributed by atoms with van der Waals surface area (Å²) in [5.41, 5.74) is 0.561. The molecule has 0 bridgehead atoms. The molecule has 3 rings (SSSR count). The second-order valence-electron chi connectivity index (χ2n) is 4.75. The van der Waals surface area contributed by atoms with Crippen molar-refractivity contribution in [1.29, 1.82) is 0 Å². The third-order valence-corrected chi connectivity index (χ3v) is 4.19. The van der Waals surface area contributed by atoms with Gasteiger partial charge in [0.25, 0.3) is 5.91 Å². The molecule has 18 heavy (non-hydrogen) atoms. The maximum absolute atomic E-state index is 12.3. The molecule has 0 atom stereocenters. The molecule has 3 heterocycles. The largest absolute Gasteiger partial charge is 0.335 e. The number of nitrogens with zero attached hydrogens (tertiary/aromatic N) is 4. The predicted molar refractivity (Wildman–Crippen MR) is 71.2 cm³/mol. The number of likely N-dealkylation sites (N-methyl/N-ethyl adjacent to an activating group) is 1. The fourth-order valence-electron chi connectivity index (χ4n) is 2.19. The van der Waals surface area contributed by atoms with E-state index in [1.54, 1.807) is 11.3 Å². The SMILES string of the molecule is Cc1cn2cc(C(=O)N3CCN(C)CC3)nc2s1. The van der Waals surface area contributed by atoms with E-state index in [2.05, 4.69) is 16.9 Å². The van der Waals surface area contributed by atoms with Crippen LogP contribution >= 0.6 is 11.3 Å². The van der Waals surface area contributed by atoms with Crippen molar-refractivity contribution >= 4 is 22.2 Å². The van der Waals surface area contributed by atoms with Crippen molar-refractivity contribution in [2.24, 2.45) is 0 Å². The second-order valence-corrected chi connectivity index (χ2v) is 5.97. The van der Waals surface area contributed by atoms with Gasteiger partial charge in [-0.15, -0.1) is 11.3 Å². The van der Waals surface area contributed by atoms with Gasteiger partial charge in [-0.25, -0.2) is 4.98 Å². The van der Waals surface area contributed by atoms with Crippen molar-refractivity contribution in [3.05, 3.63) is 23.0 Å². The summed E-state index contributed by atoms with van der Waals surface area (Å²) in [5.74, 6) is 0.0525. The molecule has 0 spiro atoms. The second kappa shape index (κ2) is 4.37. The van der Waals surface area contributed by atoms with E-state index in [-0.39, 0.29) is 5.91 Å². The van der Waals surface area contributed by atoms with Crippen molar-refractivity contribution in [2.45, 2.75) is 6.92 Å². The van der Waals surface area contributed by atoms with Crippen molar-refractivity contribution in [3.8, 4) is 0 Å². The highest BCUT2D eigenvalue weighted by Gasteiger charge is 2.22. The topological polar surface area (TPSA) is 40.9 Å². The Kier molecular flexibility index (Phi) is 2.83. The van der Waals surface area contributed by atoms with Gasteiger partial charge in [0.1, 0.15) is 5.69 Å². The molecular formula is C12H16N4OS. The average molecular weight is 264 g/mol. The maximum atomic E-state index is 12.3. The number of piperazine rings is 1. The number of aromatic nitrogens is 2. The number of imidazole rings is 1. The van der Waals surface area contributed by atoms with Crippen molar-refractivity contribution in [1.82, 2.24) is 19.2 Å². The third-order valence-electron chi connectivity index (χ3n) is 3.28. The van der Waals surface area contributed by atoms with E-state index in [1.807, 2.05) is 28.6 Å². The summed E-state index contributed by atoms with van der Waals surface area (Å²) in [7, 11) is 2.08. The molecule has 1 fully saturated rings. The molecule has 1 aliphatic rings. The number of aryl methyl sites for hydroxylation is 1. The van der Waals surface area contributed by atoms with Crippen LogP contribution in [0.2, 0.25) is 0 Å². The first-order valence-corrected chi connectivity index (χ1v) is 6.88. The molecule has 96 valence electrons. The van der Waals surface area contributed by atoms with Crippen LogP contribution < -0.4 is 0 Å². The molecule has 1 saturated heterocycles. The summed E-state index contributed by atoms with van der Waals surface area (Å²) in [5, 5.41) is 0. The third kappa shape index (κ3) is 2.02. The molecule has 1 amide bonds. The van der Waals surface area contributed by atoms with E-state index in [4.69, 9.17) is 0 Å². The van der Waals surface area contributed by atoms with Gasteiger partial charge in [0, 0.05) is 43.4 Å². The van der Waals surface area contributed by atoms with Gasteiger partial charge in [-0.2, -0.15) is 0 Å². The van der Waals surface area contributed by atoms with E-state index in [0.29, 0.717) is 5.69 Å². The summed E-state index contributed by atoms with van der Waals surface area (Å²) >= 11 is 1.61. The first kappa shape index (κ1) is 11.7. The fourth-order valence-corrected chi connectivity index (χ4v) is 2.99. The van der Waals surface area contributed by atoms with Crippen LogP contribution in [0.25, 0.3) is 4.96 Å². The van der Waals surface area contributed by atoms with Gasteiger partial charge in [-0.05, 0) is 14.0 Å². The molecule has 0 saturated carbocycles. The van der Waals surface area contributed by atoms with Gasteiger partial charge in [0.15, 0.2) is 4.96 Å². The van der Waals surface area contributed by atoms with Gasteiger partial charge in [-0.3, -0.25) is 9.20 Å². The number of hydrogen-bond donors (Lipinski definition) is 0. The van der Waals surface area contributed by atoms with Crippen molar-refractivity contribution < 1.29 is 4.79 Å². The Bertz CT molecular complexity index is 548. The summed E-state index contributed by atoms with van der Waals surface area (Å²) < 4.78 is 1.93. The van der Waals surface area contributed by atoms with Gasteiger partial charge in [0.05, 0.1) is 0 Å². The number of fused-ring (bicyclic) bond motifs is 1. The molecule has 0 radical (unpaired) electrons. The van der Waals surface area contributed by atoms with Gasteiger partial charge in [-0.1, -0.05) is 0 Å². The Hall–Kier alpha value is -1.40. The zero-order valence-electron chi connectivity index (χ0n) is 10.6. The molecular weight excluding hydrogens is 248 g/mol. The Labute approximate surface area is 110 Å². The minimum atomic E-state index is 0.0525. The van der Waals surface area contributed by atoms with E-state index in [0.717, 1.165) is 31.1 Å². The highest BCUT2D eigenvalue weighted by atomic mass is 32.1. The number of carbonyl (C=O) groups is 1. The lowest BCUT2D eigenvalue weighted by Crippen LogP contribution is -2.47. The van der Waals surface area contributed by atoms with Crippen LogP contribution in [0.3, 0.4) is 0 Å². The monoisotopic (exact) mass is 264 g/mol. The molecule has 0 N–H and O–H groups in total. The van der Waals surface area contributed by atoms with Crippen LogP contribution in [-0.4, -0.2) is 58.3 Å². The van der Waals surface area contributed by atoms with Gasteiger partial charge >= 0.3 is 0 Å². The Morgan fingerprint density at radius 1 is 1.28 bits per heavy atom. The zero-order chi connectivity index (χ0) is 12.7. The van der Waals surface area contributed by atoms with Crippen LogP contribution in [0.5, 0.6) is 0 Å². The molecule has 2 aromatic heterocycles. The smallest absolute Gasteiger partial charge is 0.274 e. The molecule has 0 aromatic carbocycles. The fraction of sp³-hybridized carbons (Fsp3) is 0.500. The van der Waals surface area contributed by atoms with Crippen molar-refractivity contribution in [2.75, 3.05) is 33.2 Å². The lowest BCUT2D eigenvalue weighted by Gasteiger charge is -2.31. The Morgan fingerprint density at radius 2 is 2.00 bits per heavy atom. The highest BCUT2D eigenvalue weighted by molar-refractivity contribution is 7.17. The lowest BCUT2D eigenvalue weighted by molar-refractivity contribution is 0.0659. The Balaban J connectivity index is 1.81. The standard InChI is InChI=1S/C12H16N4OS/c1-9-7-16-8-10(13-12(16)18-9)11(17)15-5-3-14(2)4-6-15/h7-8H,3-6H2,1-2H3. The highest BCUT2D eigenvalue weighted by Crippen LogP contribution is 2.17.